The molecule has 0 heterocycles. The van der Waals surface area contributed by atoms with E-state index in [1.54, 1.807) is 7.11 Å². The molecule has 0 aliphatic carbocycles. The number of ether oxygens (including phenoxy) is 1. The minimum Gasteiger partial charge on any atom is -0.497 e. The highest BCUT2D eigenvalue weighted by molar-refractivity contribution is 5.91. The van der Waals surface area contributed by atoms with Gasteiger partial charge in [-0.1, -0.05) is 72.8 Å². The van der Waals surface area contributed by atoms with E-state index >= 15 is 0 Å². The van der Waals surface area contributed by atoms with Crippen LogP contribution in [0.3, 0.4) is 0 Å². The first kappa shape index (κ1) is 18.7. The van der Waals surface area contributed by atoms with Crippen molar-refractivity contribution in [1.82, 2.24) is 5.32 Å². The van der Waals surface area contributed by atoms with E-state index in [-0.39, 0.29) is 11.9 Å². The number of amides is 1. The Morgan fingerprint density at radius 2 is 1.33 bits per heavy atom. The molecule has 138 valence electrons. The van der Waals surface area contributed by atoms with Crippen LogP contribution in [0.25, 0.3) is 0 Å². The first-order valence-electron chi connectivity index (χ1n) is 9.11. The van der Waals surface area contributed by atoms with Crippen molar-refractivity contribution in [3.8, 4) is 5.75 Å². The zero-order chi connectivity index (χ0) is 19.3. The lowest BCUT2D eigenvalue weighted by molar-refractivity contribution is -0.125. The fourth-order valence-electron chi connectivity index (χ4n) is 3.29. The Labute approximate surface area is 161 Å². The summed E-state index contributed by atoms with van der Waals surface area (Å²) < 4.78 is 5.21. The smallest absolute Gasteiger partial charge is 0.235 e. The standard InChI is InChI=1S/C24H25NO2/c1-18(19-14-16-22(27-3)17-15-19)25-23(26)24(2,20-10-6-4-7-11-20)21-12-8-5-9-13-21/h4-18H,1-3H3,(H,25,26). The van der Waals surface area contributed by atoms with Gasteiger partial charge in [-0.15, -0.1) is 0 Å². The van der Waals surface area contributed by atoms with Crippen LogP contribution in [-0.4, -0.2) is 13.0 Å². The number of hydrogen-bond acceptors (Lipinski definition) is 2. The fourth-order valence-corrected chi connectivity index (χ4v) is 3.29. The van der Waals surface area contributed by atoms with Gasteiger partial charge < -0.3 is 10.1 Å². The molecule has 0 saturated heterocycles. The van der Waals surface area contributed by atoms with Crippen LogP contribution in [0.1, 0.15) is 36.6 Å². The van der Waals surface area contributed by atoms with Crippen LogP contribution >= 0.6 is 0 Å². The summed E-state index contributed by atoms with van der Waals surface area (Å²) in [7, 11) is 1.64. The first-order valence-corrected chi connectivity index (χ1v) is 9.11. The van der Waals surface area contributed by atoms with E-state index in [4.69, 9.17) is 4.74 Å². The molecule has 0 spiro atoms. The second-order valence-electron chi connectivity index (χ2n) is 6.83. The molecule has 1 unspecified atom stereocenters. The van der Waals surface area contributed by atoms with Crippen LogP contribution in [0.4, 0.5) is 0 Å². The molecule has 0 aromatic heterocycles. The lowest BCUT2D eigenvalue weighted by Gasteiger charge is -2.31. The summed E-state index contributed by atoms with van der Waals surface area (Å²) >= 11 is 0. The van der Waals surface area contributed by atoms with E-state index in [9.17, 15) is 4.79 Å². The molecule has 0 bridgehead atoms. The number of benzene rings is 3. The monoisotopic (exact) mass is 359 g/mol. The van der Waals surface area contributed by atoms with E-state index in [0.717, 1.165) is 22.4 Å². The van der Waals surface area contributed by atoms with Crippen molar-refractivity contribution < 1.29 is 9.53 Å². The summed E-state index contributed by atoms with van der Waals surface area (Å²) in [6.45, 7) is 3.98. The van der Waals surface area contributed by atoms with Crippen molar-refractivity contribution >= 4 is 5.91 Å². The largest absolute Gasteiger partial charge is 0.497 e. The number of methoxy groups -OCH3 is 1. The molecule has 1 atom stereocenters. The Balaban J connectivity index is 1.91. The van der Waals surface area contributed by atoms with E-state index < -0.39 is 5.41 Å². The highest BCUT2D eigenvalue weighted by Gasteiger charge is 2.37. The Morgan fingerprint density at radius 3 is 1.78 bits per heavy atom. The van der Waals surface area contributed by atoms with Crippen molar-refractivity contribution in [3.63, 3.8) is 0 Å². The van der Waals surface area contributed by atoms with Crippen molar-refractivity contribution in [1.29, 1.82) is 0 Å². The highest BCUT2D eigenvalue weighted by Crippen LogP contribution is 2.33. The van der Waals surface area contributed by atoms with Crippen LogP contribution in [0.5, 0.6) is 5.75 Å². The number of hydrogen-bond donors (Lipinski definition) is 1. The Kier molecular flexibility index (Phi) is 5.60. The summed E-state index contributed by atoms with van der Waals surface area (Å²) in [5.74, 6) is 0.777. The average molecular weight is 359 g/mol. The maximum absolute atomic E-state index is 13.4. The van der Waals surface area contributed by atoms with Crippen LogP contribution in [-0.2, 0) is 10.2 Å². The summed E-state index contributed by atoms with van der Waals surface area (Å²) in [5.41, 5.74) is 2.20. The van der Waals surface area contributed by atoms with Gasteiger partial charge in [-0.05, 0) is 42.7 Å². The maximum atomic E-state index is 13.4. The topological polar surface area (TPSA) is 38.3 Å². The van der Waals surface area contributed by atoms with Crippen molar-refractivity contribution in [2.75, 3.05) is 7.11 Å². The number of nitrogens with one attached hydrogen (secondary N) is 1. The van der Waals surface area contributed by atoms with Gasteiger partial charge in [0.2, 0.25) is 5.91 Å². The van der Waals surface area contributed by atoms with Gasteiger partial charge >= 0.3 is 0 Å². The lowest BCUT2D eigenvalue weighted by atomic mass is 9.75. The minimum atomic E-state index is -0.775. The Hall–Kier alpha value is -3.07. The number of carbonyl (C=O) groups excluding carboxylic acids is 1. The normalized spacial score (nSPS) is 12.3. The third-order valence-corrected chi connectivity index (χ3v) is 5.12. The van der Waals surface area contributed by atoms with Crippen LogP contribution in [0, 0.1) is 0 Å². The second kappa shape index (κ2) is 8.09. The molecule has 0 radical (unpaired) electrons. The molecule has 0 aliphatic rings. The molecule has 3 heteroatoms. The van der Waals surface area contributed by atoms with Gasteiger partial charge in [0.25, 0.3) is 0 Å². The van der Waals surface area contributed by atoms with Gasteiger partial charge in [-0.25, -0.2) is 0 Å². The summed E-state index contributed by atoms with van der Waals surface area (Å²) in [6, 6.07) is 27.5. The van der Waals surface area contributed by atoms with Crippen LogP contribution in [0.2, 0.25) is 0 Å². The molecule has 27 heavy (non-hydrogen) atoms. The summed E-state index contributed by atoms with van der Waals surface area (Å²) in [4.78, 5) is 13.4. The Bertz CT molecular complexity index is 834. The van der Waals surface area contributed by atoms with Gasteiger partial charge in [0.1, 0.15) is 5.75 Å². The van der Waals surface area contributed by atoms with Gasteiger partial charge in [0.15, 0.2) is 0 Å². The predicted octanol–water partition coefficient (Wildman–Crippen LogP) is 4.88. The summed E-state index contributed by atoms with van der Waals surface area (Å²) in [6.07, 6.45) is 0. The van der Waals surface area contributed by atoms with Gasteiger partial charge in [0.05, 0.1) is 18.6 Å². The average Bonchev–Trinajstić information content (AvgIpc) is 2.74. The molecular formula is C24H25NO2. The fraction of sp³-hybridized carbons (Fsp3) is 0.208. The van der Waals surface area contributed by atoms with E-state index in [1.165, 1.54) is 0 Å². The van der Waals surface area contributed by atoms with Crippen LogP contribution < -0.4 is 10.1 Å². The third-order valence-electron chi connectivity index (χ3n) is 5.12. The SMILES string of the molecule is COc1ccc(C(C)NC(=O)C(C)(c2ccccc2)c2ccccc2)cc1. The molecule has 3 aromatic rings. The molecule has 0 aliphatic heterocycles. The van der Waals surface area contributed by atoms with Crippen molar-refractivity contribution in [2.24, 2.45) is 0 Å². The molecule has 1 N–H and O–H groups in total. The lowest BCUT2D eigenvalue weighted by Crippen LogP contribution is -2.44. The molecule has 3 aromatic carbocycles. The van der Waals surface area contributed by atoms with Crippen molar-refractivity contribution in [2.45, 2.75) is 25.3 Å². The zero-order valence-electron chi connectivity index (χ0n) is 16.0. The number of carbonyl (C=O) groups is 1. The Morgan fingerprint density at radius 1 is 0.852 bits per heavy atom. The van der Waals surface area contributed by atoms with E-state index in [0.29, 0.717) is 0 Å². The van der Waals surface area contributed by atoms with E-state index in [1.807, 2.05) is 98.8 Å². The minimum absolute atomic E-state index is 0.0248. The third kappa shape index (κ3) is 3.87. The first-order chi connectivity index (χ1) is 13.1. The predicted molar refractivity (Wildman–Crippen MR) is 109 cm³/mol. The van der Waals surface area contributed by atoms with E-state index in [2.05, 4.69) is 5.32 Å². The van der Waals surface area contributed by atoms with Gasteiger partial charge in [-0.2, -0.15) is 0 Å². The van der Waals surface area contributed by atoms with Gasteiger partial charge in [-0.3, -0.25) is 4.79 Å². The zero-order valence-corrected chi connectivity index (χ0v) is 16.0. The molecule has 3 nitrogen and oxygen atoms in total. The molecule has 1 amide bonds. The maximum Gasteiger partial charge on any atom is 0.235 e. The second-order valence-corrected chi connectivity index (χ2v) is 6.83. The van der Waals surface area contributed by atoms with Gasteiger partial charge in [0, 0.05) is 0 Å². The molecule has 3 rings (SSSR count). The molecular weight excluding hydrogens is 334 g/mol. The van der Waals surface area contributed by atoms with Crippen LogP contribution in [0.15, 0.2) is 84.9 Å². The number of rotatable bonds is 6. The quantitative estimate of drug-likeness (QED) is 0.681. The molecule has 0 fully saturated rings. The van der Waals surface area contributed by atoms with Crippen molar-refractivity contribution in [3.05, 3.63) is 102 Å². The highest BCUT2D eigenvalue weighted by atomic mass is 16.5. The summed E-state index contributed by atoms with van der Waals surface area (Å²) in [5, 5.41) is 3.19. The molecule has 0 saturated carbocycles.